The topological polar surface area (TPSA) is 6.48 Å². The molecule has 0 unspecified atom stereocenters. The van der Waals surface area contributed by atoms with Crippen molar-refractivity contribution in [2.24, 2.45) is 0 Å². The minimum atomic E-state index is -1.51. The number of anilines is 6. The highest BCUT2D eigenvalue weighted by Crippen LogP contribution is 2.48. The molecule has 0 saturated carbocycles. The van der Waals surface area contributed by atoms with Gasteiger partial charge in [0.05, 0.1) is 27.5 Å². The van der Waals surface area contributed by atoms with Crippen LogP contribution in [0, 0.1) is 0 Å². The maximum Gasteiger partial charge on any atom is 0.0775 e. The van der Waals surface area contributed by atoms with E-state index >= 15 is 0 Å². The summed E-state index contributed by atoms with van der Waals surface area (Å²) in [4.78, 5) is 4.96. The lowest BCUT2D eigenvalue weighted by Crippen LogP contribution is -2.37. The molecule has 0 spiro atoms. The average molecular weight is 807 g/mol. The zero-order chi connectivity index (χ0) is 41.2. The molecular weight excluding hydrogens is 757 g/mol. The van der Waals surface area contributed by atoms with Crippen LogP contribution in [0.3, 0.4) is 0 Å². The van der Waals surface area contributed by atoms with Crippen molar-refractivity contribution in [2.45, 2.75) is 39.3 Å². The molecule has 10 aromatic carbocycles. The van der Waals surface area contributed by atoms with Crippen LogP contribution in [0.25, 0.3) is 53.9 Å². The van der Waals surface area contributed by atoms with Crippen molar-refractivity contribution < 1.29 is 0 Å². The number of hydrogen-bond acceptors (Lipinski definition) is 2. The van der Waals surface area contributed by atoms with E-state index in [0.29, 0.717) is 0 Å². The van der Waals surface area contributed by atoms with Crippen LogP contribution >= 0.6 is 0 Å². The third-order valence-corrected chi connectivity index (χ3v) is 16.4. The third-order valence-electron chi connectivity index (χ3n) is 12.3. The average Bonchev–Trinajstić information content (AvgIpc) is 3.26. The van der Waals surface area contributed by atoms with Gasteiger partial charge in [0, 0.05) is 33.5 Å². The molecule has 292 valence electrons. The first kappa shape index (κ1) is 37.8. The first-order valence-corrected chi connectivity index (χ1v) is 28.2. The fraction of sp³-hybridized carbons (Fsp3) is 0.107. The van der Waals surface area contributed by atoms with Gasteiger partial charge in [-0.05, 0) is 104 Å². The van der Waals surface area contributed by atoms with Crippen molar-refractivity contribution in [3.63, 3.8) is 0 Å². The SMILES string of the molecule is C[Si](C)(C)c1ccc(N(c2ccc3ccccc3c2)c2cc3c4ccccc4c(N(c4ccc([Si](C)(C)C)cc4)c4ccc5ccccc5c4)cc3c3ccccc23)cc1. The van der Waals surface area contributed by atoms with E-state index in [4.69, 9.17) is 0 Å². The maximum atomic E-state index is 2.48. The monoisotopic (exact) mass is 806 g/mol. The van der Waals surface area contributed by atoms with Crippen molar-refractivity contribution in [2.75, 3.05) is 9.80 Å². The highest BCUT2D eigenvalue weighted by Gasteiger charge is 2.24. The van der Waals surface area contributed by atoms with E-state index in [2.05, 4.69) is 243 Å². The summed E-state index contributed by atoms with van der Waals surface area (Å²) in [6, 6.07) is 72.8. The number of fused-ring (bicyclic) bond motifs is 7. The molecule has 0 N–H and O–H groups in total. The van der Waals surface area contributed by atoms with Gasteiger partial charge in [0.15, 0.2) is 0 Å². The summed E-state index contributed by atoms with van der Waals surface area (Å²) in [6.45, 7) is 14.5. The second-order valence-electron chi connectivity index (χ2n) is 18.3. The molecule has 10 rings (SSSR count). The minimum Gasteiger partial charge on any atom is -0.310 e. The van der Waals surface area contributed by atoms with Crippen LogP contribution in [0.4, 0.5) is 34.1 Å². The molecule has 0 aliphatic rings. The Balaban J connectivity index is 1.25. The summed E-state index contributed by atoms with van der Waals surface area (Å²) in [7, 11) is -3.01. The first-order chi connectivity index (χ1) is 29.0. The van der Waals surface area contributed by atoms with Gasteiger partial charge in [-0.2, -0.15) is 0 Å². The molecule has 0 bridgehead atoms. The van der Waals surface area contributed by atoms with E-state index in [-0.39, 0.29) is 0 Å². The van der Waals surface area contributed by atoms with Crippen molar-refractivity contribution in [1.29, 1.82) is 0 Å². The maximum absolute atomic E-state index is 2.48. The largest absolute Gasteiger partial charge is 0.310 e. The summed E-state index contributed by atoms with van der Waals surface area (Å²) < 4.78 is 0. The van der Waals surface area contributed by atoms with Gasteiger partial charge in [-0.25, -0.2) is 0 Å². The standard InChI is InChI=1S/C56H50N2Si2/c1-59(2,3)47-31-27-43(28-32-47)57(45-25-23-39-15-7-9-17-41(39)35-45)55-37-53-50-20-12-14-22-52(50)56(38-54(53)49-19-11-13-21-51(49)55)58(44-29-33-48(34-30-44)60(4,5)6)46-26-24-40-16-8-10-18-42(40)36-46/h7-38H,1-6H3. The Labute approximate surface area is 356 Å². The van der Waals surface area contributed by atoms with Crippen molar-refractivity contribution in [3.8, 4) is 0 Å². The van der Waals surface area contributed by atoms with E-state index in [1.54, 1.807) is 0 Å². The Morgan fingerprint density at radius 1 is 0.267 bits per heavy atom. The molecule has 0 saturated heterocycles. The second kappa shape index (κ2) is 14.7. The lowest BCUT2D eigenvalue weighted by Gasteiger charge is -2.30. The summed E-state index contributed by atoms with van der Waals surface area (Å²) in [6.07, 6.45) is 0. The zero-order valence-electron chi connectivity index (χ0n) is 35.4. The van der Waals surface area contributed by atoms with Gasteiger partial charge in [0.25, 0.3) is 0 Å². The molecule has 0 amide bonds. The van der Waals surface area contributed by atoms with E-state index in [0.717, 1.165) is 22.7 Å². The Hall–Kier alpha value is -6.47. The molecular formula is C56H50N2Si2. The van der Waals surface area contributed by atoms with E-state index in [9.17, 15) is 0 Å². The van der Waals surface area contributed by atoms with Gasteiger partial charge in [0.2, 0.25) is 0 Å². The van der Waals surface area contributed by atoms with E-state index in [1.165, 1.54) is 75.6 Å². The van der Waals surface area contributed by atoms with Crippen molar-refractivity contribution >= 4 is 115 Å². The van der Waals surface area contributed by atoms with Gasteiger partial charge >= 0.3 is 0 Å². The first-order valence-electron chi connectivity index (χ1n) is 21.2. The number of hydrogen-bond donors (Lipinski definition) is 0. The quantitative estimate of drug-likeness (QED) is 0.111. The predicted octanol–water partition coefficient (Wildman–Crippen LogP) is 15.5. The molecule has 0 atom stereocenters. The zero-order valence-corrected chi connectivity index (χ0v) is 37.4. The van der Waals surface area contributed by atoms with Crippen LogP contribution in [0.2, 0.25) is 39.3 Å². The summed E-state index contributed by atoms with van der Waals surface area (Å²) >= 11 is 0. The Kier molecular flexibility index (Phi) is 9.23. The normalized spacial score (nSPS) is 12.2. The highest BCUT2D eigenvalue weighted by molar-refractivity contribution is 6.89. The molecule has 4 heteroatoms. The number of rotatable bonds is 8. The summed E-state index contributed by atoms with van der Waals surface area (Å²) in [5.41, 5.74) is 6.93. The fourth-order valence-corrected chi connectivity index (χ4v) is 11.3. The molecule has 0 heterocycles. The van der Waals surface area contributed by atoms with Gasteiger partial charge in [0.1, 0.15) is 0 Å². The molecule has 0 fully saturated rings. The van der Waals surface area contributed by atoms with Crippen LogP contribution in [-0.2, 0) is 0 Å². The van der Waals surface area contributed by atoms with Crippen LogP contribution in [0.1, 0.15) is 0 Å². The van der Waals surface area contributed by atoms with Crippen LogP contribution in [0.15, 0.2) is 194 Å². The van der Waals surface area contributed by atoms with Gasteiger partial charge in [-0.1, -0.05) is 183 Å². The number of benzene rings is 10. The van der Waals surface area contributed by atoms with Gasteiger partial charge in [-0.15, -0.1) is 0 Å². The van der Waals surface area contributed by atoms with Crippen LogP contribution < -0.4 is 20.2 Å². The Bertz CT molecular complexity index is 3010. The van der Waals surface area contributed by atoms with Crippen LogP contribution in [0.5, 0.6) is 0 Å². The fourth-order valence-electron chi connectivity index (χ4n) is 8.99. The van der Waals surface area contributed by atoms with Gasteiger partial charge < -0.3 is 9.80 Å². The predicted molar refractivity (Wildman–Crippen MR) is 269 cm³/mol. The number of nitrogens with zero attached hydrogens (tertiary/aromatic N) is 2. The third kappa shape index (κ3) is 6.76. The van der Waals surface area contributed by atoms with Crippen molar-refractivity contribution in [1.82, 2.24) is 0 Å². The van der Waals surface area contributed by atoms with Crippen LogP contribution in [-0.4, -0.2) is 16.1 Å². The summed E-state index contributed by atoms with van der Waals surface area (Å²) in [5, 5.41) is 15.2. The van der Waals surface area contributed by atoms with Gasteiger partial charge in [-0.3, -0.25) is 0 Å². The van der Waals surface area contributed by atoms with E-state index in [1.807, 2.05) is 0 Å². The lowest BCUT2D eigenvalue weighted by molar-refractivity contribution is 1.30. The molecule has 0 aromatic heterocycles. The minimum absolute atomic E-state index is 1.14. The Morgan fingerprint density at radius 3 is 0.950 bits per heavy atom. The molecule has 0 aliphatic heterocycles. The molecule has 0 radical (unpaired) electrons. The second-order valence-corrected chi connectivity index (χ2v) is 28.5. The molecule has 0 aliphatic carbocycles. The summed E-state index contributed by atoms with van der Waals surface area (Å²) in [5.74, 6) is 0. The highest BCUT2D eigenvalue weighted by atomic mass is 28.3. The molecule has 10 aromatic rings. The molecule has 2 nitrogen and oxygen atoms in total. The van der Waals surface area contributed by atoms with Crippen molar-refractivity contribution in [3.05, 3.63) is 194 Å². The lowest BCUT2D eigenvalue weighted by atomic mass is 9.93. The molecule has 60 heavy (non-hydrogen) atoms. The Morgan fingerprint density at radius 2 is 0.583 bits per heavy atom. The van der Waals surface area contributed by atoms with E-state index < -0.39 is 16.1 Å². The smallest absolute Gasteiger partial charge is 0.0775 e.